The molecule has 0 fully saturated rings. The van der Waals surface area contributed by atoms with Gasteiger partial charge < -0.3 is 10.1 Å². The van der Waals surface area contributed by atoms with Crippen molar-refractivity contribution in [2.24, 2.45) is 5.11 Å². The Morgan fingerprint density at radius 1 is 1.57 bits per heavy atom. The maximum atomic E-state index is 11.4. The van der Waals surface area contributed by atoms with Crippen LogP contribution in [0.1, 0.15) is 36.9 Å². The van der Waals surface area contributed by atoms with Crippen molar-refractivity contribution in [1.29, 1.82) is 0 Å². The highest BCUT2D eigenvalue weighted by atomic mass is 16.5. The summed E-state index contributed by atoms with van der Waals surface area (Å²) in [6, 6.07) is 4.99. The summed E-state index contributed by atoms with van der Waals surface area (Å²) in [4.78, 5) is 25.6. The summed E-state index contributed by atoms with van der Waals surface area (Å²) in [6.45, 7) is 2.07. The molecule has 0 radical (unpaired) electrons. The van der Waals surface area contributed by atoms with Gasteiger partial charge in [0.1, 0.15) is 0 Å². The van der Waals surface area contributed by atoms with E-state index in [1.165, 1.54) is 0 Å². The summed E-state index contributed by atoms with van der Waals surface area (Å²) in [7, 11) is 0. The van der Waals surface area contributed by atoms with E-state index in [2.05, 4.69) is 15.3 Å². The van der Waals surface area contributed by atoms with Gasteiger partial charge >= 0.3 is 5.97 Å². The molecule has 7 heteroatoms. The number of ether oxygens (including phenoxy) is 1. The summed E-state index contributed by atoms with van der Waals surface area (Å²) in [5, 5.41) is 6.48. The predicted octanol–water partition coefficient (Wildman–Crippen LogP) is 2.88. The molecule has 1 amide bonds. The van der Waals surface area contributed by atoms with E-state index in [9.17, 15) is 9.59 Å². The molecule has 0 saturated heterocycles. The van der Waals surface area contributed by atoms with Gasteiger partial charge in [-0.3, -0.25) is 9.59 Å². The summed E-state index contributed by atoms with van der Waals surface area (Å²) in [5.41, 5.74) is 11.1. The lowest BCUT2D eigenvalue weighted by atomic mass is 9.99. The van der Waals surface area contributed by atoms with Gasteiger partial charge in [-0.15, -0.1) is 0 Å². The Morgan fingerprint density at radius 2 is 2.38 bits per heavy atom. The second kappa shape index (κ2) is 6.76. The van der Waals surface area contributed by atoms with E-state index in [0.29, 0.717) is 19.4 Å². The van der Waals surface area contributed by atoms with E-state index in [4.69, 9.17) is 10.3 Å². The monoisotopic (exact) mass is 288 g/mol. The van der Waals surface area contributed by atoms with Crippen LogP contribution >= 0.6 is 0 Å². The molecule has 1 aromatic carbocycles. The number of benzene rings is 1. The number of rotatable bonds is 6. The van der Waals surface area contributed by atoms with Crippen molar-refractivity contribution in [2.75, 3.05) is 11.9 Å². The first-order valence-corrected chi connectivity index (χ1v) is 6.76. The topological polar surface area (TPSA) is 104 Å². The first kappa shape index (κ1) is 14.9. The maximum absolute atomic E-state index is 11.4. The quantitative estimate of drug-likeness (QED) is 0.376. The van der Waals surface area contributed by atoms with Crippen LogP contribution in [-0.4, -0.2) is 18.5 Å². The van der Waals surface area contributed by atoms with Gasteiger partial charge in [0.25, 0.3) is 0 Å². The molecule has 0 saturated carbocycles. The molecular weight excluding hydrogens is 272 g/mol. The molecule has 1 unspecified atom stereocenters. The lowest BCUT2D eigenvalue weighted by Gasteiger charge is -2.12. The zero-order valence-electron chi connectivity index (χ0n) is 11.7. The largest absolute Gasteiger partial charge is 0.466 e. The minimum Gasteiger partial charge on any atom is -0.466 e. The molecule has 1 aliphatic rings. The van der Waals surface area contributed by atoms with Crippen LogP contribution in [0.4, 0.5) is 5.69 Å². The zero-order valence-corrected chi connectivity index (χ0v) is 11.7. The van der Waals surface area contributed by atoms with Gasteiger partial charge in [0.2, 0.25) is 5.91 Å². The second-order valence-corrected chi connectivity index (χ2v) is 4.71. The number of anilines is 1. The molecule has 1 aromatic rings. The molecule has 1 N–H and O–H groups in total. The van der Waals surface area contributed by atoms with Gasteiger partial charge in [-0.05, 0) is 36.1 Å². The van der Waals surface area contributed by atoms with E-state index in [0.717, 1.165) is 16.8 Å². The van der Waals surface area contributed by atoms with Crippen LogP contribution in [0.5, 0.6) is 0 Å². The first-order valence-electron chi connectivity index (χ1n) is 6.76. The van der Waals surface area contributed by atoms with Crippen LogP contribution in [0.2, 0.25) is 0 Å². The van der Waals surface area contributed by atoms with E-state index in [1.807, 2.05) is 6.07 Å². The van der Waals surface area contributed by atoms with Crippen LogP contribution in [0, 0.1) is 0 Å². The SMILES string of the molecule is CCOC(=O)CCC(N=[N+]=[N-])c1ccc2c(c1)CC(=O)N2. The molecule has 0 spiro atoms. The standard InChI is InChI=1S/C14H16N4O3/c1-2-21-14(20)6-5-12(17-18-15)9-3-4-11-10(7-9)8-13(19)16-11/h3-4,7,12H,2,5-6,8H2,1H3,(H,16,19). The van der Waals surface area contributed by atoms with Crippen molar-refractivity contribution in [3.63, 3.8) is 0 Å². The van der Waals surface area contributed by atoms with Crippen molar-refractivity contribution in [3.05, 3.63) is 39.8 Å². The molecule has 1 aliphatic heterocycles. The molecular formula is C14H16N4O3. The Hall–Kier alpha value is -2.53. The van der Waals surface area contributed by atoms with Gasteiger partial charge in [0, 0.05) is 17.0 Å². The Kier molecular flexibility index (Phi) is 4.79. The first-order chi connectivity index (χ1) is 10.1. The third kappa shape index (κ3) is 3.73. The van der Waals surface area contributed by atoms with Gasteiger partial charge in [-0.25, -0.2) is 0 Å². The van der Waals surface area contributed by atoms with Crippen LogP contribution in [0.15, 0.2) is 23.3 Å². The Labute approximate surface area is 121 Å². The highest BCUT2D eigenvalue weighted by Crippen LogP contribution is 2.30. The minimum atomic E-state index is -0.444. The summed E-state index contributed by atoms with van der Waals surface area (Å²) >= 11 is 0. The fraction of sp³-hybridized carbons (Fsp3) is 0.429. The van der Waals surface area contributed by atoms with E-state index >= 15 is 0 Å². The van der Waals surface area contributed by atoms with E-state index in [-0.39, 0.29) is 18.3 Å². The third-order valence-corrected chi connectivity index (χ3v) is 3.26. The van der Waals surface area contributed by atoms with E-state index < -0.39 is 6.04 Å². The minimum absolute atomic E-state index is 0.0472. The summed E-state index contributed by atoms with van der Waals surface area (Å²) in [6.07, 6.45) is 0.888. The molecule has 0 aromatic heterocycles. The maximum Gasteiger partial charge on any atom is 0.305 e. The van der Waals surface area contributed by atoms with Crippen LogP contribution in [0.3, 0.4) is 0 Å². The van der Waals surface area contributed by atoms with Crippen molar-refractivity contribution in [3.8, 4) is 0 Å². The molecule has 0 aliphatic carbocycles. The highest BCUT2D eigenvalue weighted by molar-refractivity contribution is 5.99. The predicted molar refractivity (Wildman–Crippen MR) is 76.5 cm³/mol. The number of azide groups is 1. The summed E-state index contributed by atoms with van der Waals surface area (Å²) < 4.78 is 4.87. The van der Waals surface area contributed by atoms with Crippen molar-refractivity contribution in [1.82, 2.24) is 0 Å². The molecule has 110 valence electrons. The molecule has 2 rings (SSSR count). The number of carbonyl (C=O) groups is 2. The fourth-order valence-electron chi connectivity index (χ4n) is 2.30. The van der Waals surface area contributed by atoms with Gasteiger partial charge in [0.15, 0.2) is 0 Å². The number of amides is 1. The zero-order chi connectivity index (χ0) is 15.2. The second-order valence-electron chi connectivity index (χ2n) is 4.71. The lowest BCUT2D eigenvalue weighted by Crippen LogP contribution is -2.06. The number of nitrogens with one attached hydrogen (secondary N) is 1. The molecule has 21 heavy (non-hydrogen) atoms. The third-order valence-electron chi connectivity index (χ3n) is 3.26. The Balaban J connectivity index is 2.12. The number of esters is 1. The number of nitrogens with zero attached hydrogens (tertiary/aromatic N) is 3. The van der Waals surface area contributed by atoms with Crippen molar-refractivity contribution in [2.45, 2.75) is 32.2 Å². The van der Waals surface area contributed by atoms with Crippen molar-refractivity contribution >= 4 is 17.6 Å². The Morgan fingerprint density at radius 3 is 3.10 bits per heavy atom. The molecule has 0 bridgehead atoms. The number of hydrogen-bond acceptors (Lipinski definition) is 4. The highest BCUT2D eigenvalue weighted by Gasteiger charge is 2.20. The average Bonchev–Trinajstić information content (AvgIpc) is 2.82. The number of fused-ring (bicyclic) bond motifs is 1. The van der Waals surface area contributed by atoms with Crippen molar-refractivity contribution < 1.29 is 14.3 Å². The number of carbonyl (C=O) groups excluding carboxylic acids is 2. The fourth-order valence-corrected chi connectivity index (χ4v) is 2.30. The normalized spacial score (nSPS) is 13.9. The van der Waals surface area contributed by atoms with Gasteiger partial charge in [-0.1, -0.05) is 17.2 Å². The van der Waals surface area contributed by atoms with Gasteiger partial charge in [0.05, 0.1) is 19.1 Å². The molecule has 1 heterocycles. The van der Waals surface area contributed by atoms with Crippen LogP contribution in [-0.2, 0) is 20.7 Å². The van der Waals surface area contributed by atoms with E-state index in [1.54, 1.807) is 19.1 Å². The van der Waals surface area contributed by atoms with Crippen LogP contribution in [0.25, 0.3) is 10.4 Å². The Bertz CT molecular complexity index is 608. The van der Waals surface area contributed by atoms with Gasteiger partial charge in [-0.2, -0.15) is 0 Å². The molecule has 7 nitrogen and oxygen atoms in total. The number of hydrogen-bond donors (Lipinski definition) is 1. The molecule has 1 atom stereocenters. The summed E-state index contributed by atoms with van der Waals surface area (Å²) in [5.74, 6) is -0.359. The smallest absolute Gasteiger partial charge is 0.305 e. The lowest BCUT2D eigenvalue weighted by molar-refractivity contribution is -0.143. The van der Waals surface area contributed by atoms with Crippen LogP contribution < -0.4 is 5.32 Å². The average molecular weight is 288 g/mol.